The molecule has 0 aromatic rings. The normalized spacial score (nSPS) is 11.1. The Morgan fingerprint density at radius 2 is 1.08 bits per heavy atom. The van der Waals surface area contributed by atoms with Crippen LogP contribution in [-0.4, -0.2) is 120 Å². The summed E-state index contributed by atoms with van der Waals surface area (Å²) in [5, 5.41) is 31.7. The van der Waals surface area contributed by atoms with Crippen LogP contribution in [0.2, 0.25) is 0 Å². The van der Waals surface area contributed by atoms with Crippen LogP contribution < -0.4 is 45.9 Å². The van der Waals surface area contributed by atoms with Crippen molar-refractivity contribution in [2.45, 2.75) is 59.3 Å². The first-order valence-corrected chi connectivity index (χ1v) is 11.5. The zero-order valence-corrected chi connectivity index (χ0v) is 27.9. The standard InChI is InChI=1S/C13H26N2O4.C5H8O2.C4H9NO2.Al.B2.B.Na.3H/c1-10(12(16)17)8-14-6-4-3-5-7-15-9-11(2)13(18)19;6-4-2-1-3-5-7;1-3(2-5)4(6)7;;1-2;;;;;/h10-11,14-15H,3-9H2,1-2H3,(H,16,17)(H,18,19);4-5H,1-3H2;3H,2,5H2,1H3,(H,6,7);;;;;;;/q;;;;;;+1;;;-1. The molecule has 0 saturated carbocycles. The summed E-state index contributed by atoms with van der Waals surface area (Å²) in [6.45, 7) is 7.81. The summed E-state index contributed by atoms with van der Waals surface area (Å²) in [4.78, 5) is 50.1. The van der Waals surface area contributed by atoms with Crippen LogP contribution in [0.15, 0.2) is 0 Å². The van der Waals surface area contributed by atoms with Gasteiger partial charge in [-0.3, -0.25) is 14.4 Å². The van der Waals surface area contributed by atoms with E-state index in [0.29, 0.717) is 32.4 Å². The van der Waals surface area contributed by atoms with Crippen LogP contribution in [0, 0.1) is 17.8 Å². The molecule has 16 heteroatoms. The average Bonchev–Trinajstić information content (AvgIpc) is 2.84. The second-order valence-electron chi connectivity index (χ2n) is 7.69. The smallest absolute Gasteiger partial charge is 1.00 e. The molecule has 3 unspecified atom stereocenters. The number of rotatable bonds is 18. The number of hydrogen-bond acceptors (Lipinski definition) is 8. The van der Waals surface area contributed by atoms with Crippen LogP contribution in [-0.2, 0) is 24.0 Å². The Labute approximate surface area is 266 Å². The molecule has 0 aliphatic carbocycles. The monoisotopic (exact) mass is 563 g/mol. The number of aliphatic carboxylic acids is 3. The fraction of sp³-hybridized carbons (Fsp3) is 0.773. The molecule has 0 aliphatic heterocycles. The second kappa shape index (κ2) is 43.4. The van der Waals surface area contributed by atoms with E-state index in [1.807, 2.05) is 0 Å². The van der Waals surface area contributed by atoms with Crippen molar-refractivity contribution < 1.29 is 70.3 Å². The van der Waals surface area contributed by atoms with E-state index in [2.05, 4.69) is 26.1 Å². The second-order valence-corrected chi connectivity index (χ2v) is 7.69. The third-order valence-electron chi connectivity index (χ3n) is 4.37. The Hall–Kier alpha value is -0.643. The Morgan fingerprint density at radius 1 is 0.763 bits per heavy atom. The summed E-state index contributed by atoms with van der Waals surface area (Å²) in [6, 6.07) is 0. The first kappa shape index (κ1) is 53.6. The number of unbranched alkanes of at least 4 members (excludes halogenated alkanes) is 4. The fourth-order valence-electron chi connectivity index (χ4n) is 1.87. The van der Waals surface area contributed by atoms with Crippen molar-refractivity contribution in [1.29, 1.82) is 0 Å². The molecule has 3 atom stereocenters. The summed E-state index contributed by atoms with van der Waals surface area (Å²) < 4.78 is 0. The maximum Gasteiger partial charge on any atom is 1.00 e. The maximum atomic E-state index is 10.6. The average molecular weight is 563 g/mol. The zero-order valence-electron chi connectivity index (χ0n) is 24.9. The minimum absolute atomic E-state index is 0. The molecule has 8 radical (unpaired) electrons. The van der Waals surface area contributed by atoms with E-state index in [4.69, 9.17) is 21.1 Å². The van der Waals surface area contributed by atoms with E-state index in [9.17, 15) is 24.0 Å². The zero-order chi connectivity index (χ0) is 28.1. The molecule has 0 saturated heterocycles. The topological polar surface area (TPSA) is 196 Å². The van der Waals surface area contributed by atoms with E-state index < -0.39 is 23.8 Å². The van der Waals surface area contributed by atoms with Crippen LogP contribution in [0.3, 0.4) is 0 Å². The van der Waals surface area contributed by atoms with Gasteiger partial charge in [-0.2, -0.15) is 0 Å². The molecule has 210 valence electrons. The number of aldehydes is 2. The van der Waals surface area contributed by atoms with Gasteiger partial charge in [0.2, 0.25) is 0 Å². The number of carboxylic acid groups (broad SMARTS) is 3. The molecular weight excluding hydrogens is 517 g/mol. The molecule has 0 bridgehead atoms. The van der Waals surface area contributed by atoms with Crippen molar-refractivity contribution in [2.24, 2.45) is 23.5 Å². The van der Waals surface area contributed by atoms with E-state index in [1.165, 1.54) is 0 Å². The molecular formula is C22H46AlB3N3NaO8. The maximum absolute atomic E-state index is 10.6. The van der Waals surface area contributed by atoms with Crippen molar-refractivity contribution in [3.05, 3.63) is 0 Å². The largest absolute Gasteiger partial charge is 1.00 e. The van der Waals surface area contributed by atoms with Crippen molar-refractivity contribution >= 4 is 71.7 Å². The van der Waals surface area contributed by atoms with Crippen LogP contribution in [0.1, 0.15) is 60.7 Å². The number of carbonyl (C=O) groups excluding carboxylic acids is 2. The van der Waals surface area contributed by atoms with Gasteiger partial charge in [0.15, 0.2) is 0 Å². The Morgan fingerprint density at radius 3 is 1.29 bits per heavy atom. The Kier molecular flexibility index (Phi) is 61.2. The minimum Gasteiger partial charge on any atom is -1.00 e. The van der Waals surface area contributed by atoms with Gasteiger partial charge in [-0.25, -0.2) is 0 Å². The molecule has 0 amide bonds. The van der Waals surface area contributed by atoms with Crippen molar-refractivity contribution in [3.8, 4) is 0 Å². The molecule has 38 heavy (non-hydrogen) atoms. The van der Waals surface area contributed by atoms with E-state index in [1.54, 1.807) is 20.8 Å². The number of nitrogens with one attached hydrogen (secondary N) is 2. The van der Waals surface area contributed by atoms with Gasteiger partial charge in [-0.05, 0) is 32.4 Å². The quantitative estimate of drug-likeness (QED) is 0.0542. The molecule has 0 spiro atoms. The summed E-state index contributed by atoms with van der Waals surface area (Å²) >= 11 is 0. The van der Waals surface area contributed by atoms with Crippen LogP contribution >= 0.6 is 0 Å². The van der Waals surface area contributed by atoms with Crippen LogP contribution in [0.25, 0.3) is 0 Å². The van der Waals surface area contributed by atoms with Gasteiger partial charge < -0.3 is 42.7 Å². The molecule has 0 aromatic carbocycles. The van der Waals surface area contributed by atoms with Gasteiger partial charge in [0, 0.05) is 56.4 Å². The molecule has 0 heterocycles. The first-order chi connectivity index (χ1) is 16.5. The third kappa shape index (κ3) is 48.4. The molecule has 0 rings (SSSR count). The predicted molar refractivity (Wildman–Crippen MR) is 152 cm³/mol. The molecule has 0 aromatic heterocycles. The summed E-state index contributed by atoms with van der Waals surface area (Å²) in [5.41, 5.74) is 4.99. The number of hydrogen-bond donors (Lipinski definition) is 6. The third-order valence-corrected chi connectivity index (χ3v) is 4.37. The number of nitrogens with two attached hydrogens (primary N) is 1. The molecule has 0 aliphatic rings. The predicted octanol–water partition coefficient (Wildman–Crippen LogP) is -3.94. The van der Waals surface area contributed by atoms with Crippen LogP contribution in [0.4, 0.5) is 0 Å². The fourth-order valence-corrected chi connectivity index (χ4v) is 1.87. The summed E-state index contributed by atoms with van der Waals surface area (Å²) in [7, 11) is 8.00. The Bertz CT molecular complexity index is 533. The molecule has 7 N–H and O–H groups in total. The summed E-state index contributed by atoms with van der Waals surface area (Å²) in [5.74, 6) is -3.48. The van der Waals surface area contributed by atoms with Gasteiger partial charge in [0.05, 0.1) is 17.8 Å². The van der Waals surface area contributed by atoms with Crippen molar-refractivity contribution in [1.82, 2.24) is 10.6 Å². The number of carboxylic acids is 3. The van der Waals surface area contributed by atoms with Crippen molar-refractivity contribution in [3.63, 3.8) is 0 Å². The SMILES string of the molecule is CC(CN)C(=O)O.CC(CNCCCCCNCC(C)C(=O)O)C(=O)O.O=CCCCC=O.[AlH2].[B].[B][B].[H-].[Na+]. The van der Waals surface area contributed by atoms with E-state index in [0.717, 1.165) is 44.9 Å². The van der Waals surface area contributed by atoms with E-state index >= 15 is 0 Å². The Balaban J connectivity index is -0.0000000673. The molecule has 0 fully saturated rings. The summed E-state index contributed by atoms with van der Waals surface area (Å²) in [6.07, 6.45) is 6.42. The van der Waals surface area contributed by atoms with Gasteiger partial charge in [0.1, 0.15) is 29.9 Å². The van der Waals surface area contributed by atoms with Gasteiger partial charge in [-0.1, -0.05) is 27.2 Å². The van der Waals surface area contributed by atoms with Gasteiger partial charge in [0.25, 0.3) is 0 Å². The van der Waals surface area contributed by atoms with Crippen LogP contribution in [0.5, 0.6) is 0 Å². The van der Waals surface area contributed by atoms with Crippen molar-refractivity contribution in [2.75, 3.05) is 32.7 Å². The van der Waals surface area contributed by atoms with E-state index in [-0.39, 0.29) is 75.1 Å². The first-order valence-electron chi connectivity index (χ1n) is 11.5. The number of carbonyl (C=O) groups is 5. The van der Waals surface area contributed by atoms with Gasteiger partial charge in [-0.15, -0.1) is 0 Å². The minimum atomic E-state index is -0.831. The molecule has 11 nitrogen and oxygen atoms in total. The van der Waals surface area contributed by atoms with Gasteiger partial charge >= 0.3 is 47.5 Å².